The summed E-state index contributed by atoms with van der Waals surface area (Å²) >= 11 is 1.63. The highest BCUT2D eigenvalue weighted by molar-refractivity contribution is 7.11. The Morgan fingerprint density at radius 2 is 2.10 bits per heavy atom. The molecule has 2 rings (SSSR count). The lowest BCUT2D eigenvalue weighted by atomic mass is 9.87. The molecule has 4 heteroatoms. The summed E-state index contributed by atoms with van der Waals surface area (Å²) in [6.07, 6.45) is 4.46. The number of allylic oxidation sites excluding steroid dienone is 2. The minimum Gasteiger partial charge on any atom is -0.465 e. The zero-order valence-corrected chi connectivity index (χ0v) is 13.2. The lowest BCUT2D eigenvalue weighted by Crippen LogP contribution is -2.13. The molecule has 1 aromatic heterocycles. The van der Waals surface area contributed by atoms with Gasteiger partial charge < -0.3 is 9.84 Å². The van der Waals surface area contributed by atoms with Crippen LogP contribution in [0.1, 0.15) is 59.8 Å². The van der Waals surface area contributed by atoms with Crippen LogP contribution in [0.3, 0.4) is 0 Å². The summed E-state index contributed by atoms with van der Waals surface area (Å²) in [5.74, 6) is -0.260. The first-order valence-corrected chi connectivity index (χ1v) is 8.02. The molecule has 1 aliphatic carbocycles. The Morgan fingerprint density at radius 1 is 1.45 bits per heavy atom. The van der Waals surface area contributed by atoms with Gasteiger partial charge in [-0.2, -0.15) is 0 Å². The lowest BCUT2D eigenvalue weighted by molar-refractivity contribution is 0.0600. The van der Waals surface area contributed by atoms with Gasteiger partial charge in [0.2, 0.25) is 0 Å². The molecule has 0 aromatic carbocycles. The van der Waals surface area contributed by atoms with Crippen molar-refractivity contribution in [1.29, 1.82) is 0 Å². The molecule has 0 bridgehead atoms. The number of hydrogen-bond donors (Lipinski definition) is 1. The summed E-state index contributed by atoms with van der Waals surface area (Å²) in [4.78, 5) is 12.9. The van der Waals surface area contributed by atoms with E-state index in [0.717, 1.165) is 37.7 Å². The monoisotopic (exact) mass is 294 g/mol. The van der Waals surface area contributed by atoms with Gasteiger partial charge in [-0.1, -0.05) is 12.5 Å². The van der Waals surface area contributed by atoms with Crippen LogP contribution in [-0.2, 0) is 4.74 Å². The van der Waals surface area contributed by atoms with Gasteiger partial charge in [-0.15, -0.1) is 11.3 Å². The predicted molar refractivity (Wildman–Crippen MR) is 82.1 cm³/mol. The van der Waals surface area contributed by atoms with Crippen molar-refractivity contribution in [3.8, 4) is 0 Å². The van der Waals surface area contributed by atoms with Crippen LogP contribution in [0.5, 0.6) is 0 Å². The standard InChI is InChI=1S/C16H22O3S/c1-4-13(11-5-7-12(17)8-6-11)15-10(2)14(9-20-15)16(18)19-3/h9,12,17H,4-8H2,1-3H3. The largest absolute Gasteiger partial charge is 0.465 e. The zero-order chi connectivity index (χ0) is 14.7. The van der Waals surface area contributed by atoms with Crippen LogP contribution in [0, 0.1) is 6.92 Å². The zero-order valence-electron chi connectivity index (χ0n) is 12.4. The van der Waals surface area contributed by atoms with Crippen LogP contribution in [0.2, 0.25) is 0 Å². The van der Waals surface area contributed by atoms with Crippen molar-refractivity contribution < 1.29 is 14.6 Å². The maximum Gasteiger partial charge on any atom is 0.338 e. The molecule has 3 nitrogen and oxygen atoms in total. The van der Waals surface area contributed by atoms with Gasteiger partial charge in [-0.3, -0.25) is 0 Å². The van der Waals surface area contributed by atoms with Gasteiger partial charge in [-0.25, -0.2) is 4.79 Å². The third-order valence-corrected chi connectivity index (χ3v) is 5.20. The summed E-state index contributed by atoms with van der Waals surface area (Å²) < 4.78 is 4.82. The van der Waals surface area contributed by atoms with Crippen molar-refractivity contribution in [3.63, 3.8) is 0 Å². The molecule has 0 atom stereocenters. The third-order valence-electron chi connectivity index (χ3n) is 4.06. The van der Waals surface area contributed by atoms with Crippen molar-refractivity contribution in [1.82, 2.24) is 0 Å². The Bertz CT molecular complexity index is 518. The van der Waals surface area contributed by atoms with E-state index in [9.17, 15) is 9.90 Å². The van der Waals surface area contributed by atoms with Gasteiger partial charge in [-0.05, 0) is 50.2 Å². The van der Waals surface area contributed by atoms with Crippen molar-refractivity contribution in [2.75, 3.05) is 7.11 Å². The first-order valence-electron chi connectivity index (χ1n) is 7.14. The molecule has 1 aromatic rings. The molecule has 110 valence electrons. The molecule has 1 N–H and O–H groups in total. The normalized spacial score (nSPS) is 19.0. The molecular weight excluding hydrogens is 272 g/mol. The minimum atomic E-state index is -0.260. The third kappa shape index (κ3) is 2.96. The molecule has 1 aliphatic rings. The molecule has 0 radical (unpaired) electrons. The summed E-state index contributed by atoms with van der Waals surface area (Å²) in [5, 5.41) is 11.5. The first-order chi connectivity index (χ1) is 9.58. The van der Waals surface area contributed by atoms with E-state index in [4.69, 9.17) is 4.74 Å². The Hall–Kier alpha value is -1.13. The topological polar surface area (TPSA) is 46.5 Å². The average molecular weight is 294 g/mol. The number of thiophene rings is 1. The van der Waals surface area contributed by atoms with Gasteiger partial charge in [0, 0.05) is 10.3 Å². The fourth-order valence-corrected chi connectivity index (χ4v) is 4.08. The van der Waals surface area contributed by atoms with Gasteiger partial charge in [0.15, 0.2) is 0 Å². The predicted octanol–water partition coefficient (Wildman–Crippen LogP) is 3.94. The van der Waals surface area contributed by atoms with Crippen molar-refractivity contribution in [3.05, 3.63) is 27.0 Å². The molecule has 1 saturated carbocycles. The van der Waals surface area contributed by atoms with E-state index in [1.165, 1.54) is 23.1 Å². The van der Waals surface area contributed by atoms with Crippen LogP contribution < -0.4 is 0 Å². The molecule has 1 fully saturated rings. The molecule has 0 unspecified atom stereocenters. The number of rotatable bonds is 3. The van der Waals surface area contributed by atoms with Gasteiger partial charge in [0.1, 0.15) is 0 Å². The molecule has 1 heterocycles. The Balaban J connectivity index is 2.35. The number of hydrogen-bond acceptors (Lipinski definition) is 4. The highest BCUT2D eigenvalue weighted by atomic mass is 32.1. The second-order valence-corrected chi connectivity index (χ2v) is 6.14. The molecule has 0 saturated heterocycles. The number of carbonyl (C=O) groups is 1. The van der Waals surface area contributed by atoms with Gasteiger partial charge in [0.05, 0.1) is 18.8 Å². The maximum atomic E-state index is 11.7. The lowest BCUT2D eigenvalue weighted by Gasteiger charge is -2.22. The minimum absolute atomic E-state index is 0.146. The number of esters is 1. The molecule has 0 amide bonds. The molecule has 0 spiro atoms. The van der Waals surface area contributed by atoms with E-state index in [1.54, 1.807) is 11.3 Å². The summed E-state index contributed by atoms with van der Waals surface area (Å²) in [7, 11) is 1.42. The number of ether oxygens (including phenoxy) is 1. The van der Waals surface area contributed by atoms with E-state index in [0.29, 0.717) is 5.56 Å². The Kier molecular flexibility index (Phi) is 5.00. The van der Waals surface area contributed by atoms with Crippen LogP contribution in [-0.4, -0.2) is 24.3 Å². The van der Waals surface area contributed by atoms with Crippen LogP contribution in [0.15, 0.2) is 11.0 Å². The van der Waals surface area contributed by atoms with E-state index in [1.807, 2.05) is 12.3 Å². The van der Waals surface area contributed by atoms with E-state index >= 15 is 0 Å². The second-order valence-electron chi connectivity index (χ2n) is 5.26. The Labute approximate surface area is 124 Å². The number of aliphatic hydroxyl groups is 1. The second kappa shape index (κ2) is 6.55. The number of methoxy groups -OCH3 is 1. The van der Waals surface area contributed by atoms with E-state index in [2.05, 4.69) is 6.92 Å². The average Bonchev–Trinajstić information content (AvgIpc) is 2.83. The molecular formula is C16H22O3S. The van der Waals surface area contributed by atoms with E-state index < -0.39 is 0 Å². The van der Waals surface area contributed by atoms with Crippen molar-refractivity contribution in [2.24, 2.45) is 0 Å². The van der Waals surface area contributed by atoms with Crippen LogP contribution >= 0.6 is 11.3 Å². The fraction of sp³-hybridized carbons (Fsp3) is 0.562. The van der Waals surface area contributed by atoms with Crippen LogP contribution in [0.4, 0.5) is 0 Å². The first kappa shape index (κ1) is 15.3. The van der Waals surface area contributed by atoms with E-state index in [-0.39, 0.29) is 12.1 Å². The van der Waals surface area contributed by atoms with Crippen molar-refractivity contribution in [2.45, 2.75) is 52.1 Å². The van der Waals surface area contributed by atoms with Crippen LogP contribution in [0.25, 0.3) is 5.57 Å². The van der Waals surface area contributed by atoms with Gasteiger partial charge >= 0.3 is 5.97 Å². The summed E-state index contributed by atoms with van der Waals surface area (Å²) in [6.45, 7) is 4.15. The van der Waals surface area contributed by atoms with Gasteiger partial charge in [0.25, 0.3) is 0 Å². The summed E-state index contributed by atoms with van der Waals surface area (Å²) in [5.41, 5.74) is 4.50. The van der Waals surface area contributed by atoms with Crippen molar-refractivity contribution >= 4 is 22.9 Å². The number of carbonyl (C=O) groups excluding carboxylic acids is 1. The SMILES string of the molecule is CCC(=C1CCC(O)CC1)c1scc(C(=O)OC)c1C. The molecule has 20 heavy (non-hydrogen) atoms. The quantitative estimate of drug-likeness (QED) is 0.859. The fourth-order valence-electron chi connectivity index (χ4n) is 2.85. The smallest absolute Gasteiger partial charge is 0.338 e. The molecule has 0 aliphatic heterocycles. The Morgan fingerprint density at radius 3 is 2.65 bits per heavy atom. The highest BCUT2D eigenvalue weighted by Crippen LogP contribution is 2.37. The highest BCUT2D eigenvalue weighted by Gasteiger charge is 2.21. The number of aliphatic hydroxyl groups excluding tert-OH is 1. The summed E-state index contributed by atoms with van der Waals surface area (Å²) in [6, 6.07) is 0. The maximum absolute atomic E-state index is 11.7.